The van der Waals surface area contributed by atoms with Gasteiger partial charge in [-0.05, 0) is 24.5 Å². The molecule has 20 heavy (non-hydrogen) atoms. The van der Waals surface area contributed by atoms with Crippen LogP contribution in [0, 0.1) is 5.92 Å². The number of hydrogen-bond acceptors (Lipinski definition) is 4. The Morgan fingerprint density at radius 3 is 2.70 bits per heavy atom. The molecule has 5 heteroatoms. The van der Waals surface area contributed by atoms with Gasteiger partial charge in [-0.25, -0.2) is 0 Å². The van der Waals surface area contributed by atoms with Gasteiger partial charge < -0.3 is 4.90 Å². The molecule has 1 fully saturated rings. The van der Waals surface area contributed by atoms with E-state index in [1.807, 2.05) is 10.6 Å². The molecule has 1 aliphatic rings. The Labute approximate surface area is 120 Å². The Balaban J connectivity index is 1.98. The predicted molar refractivity (Wildman–Crippen MR) is 80.1 cm³/mol. The highest BCUT2D eigenvalue weighted by Crippen LogP contribution is 2.25. The molecule has 0 aliphatic carbocycles. The summed E-state index contributed by atoms with van der Waals surface area (Å²) in [6.45, 7) is 10.9. The molecule has 0 bridgehead atoms. The Bertz CT molecular complexity index is 610. The van der Waals surface area contributed by atoms with Crippen molar-refractivity contribution in [3.63, 3.8) is 0 Å². The Morgan fingerprint density at radius 1 is 1.25 bits per heavy atom. The highest BCUT2D eigenvalue weighted by molar-refractivity contribution is 5.46. The van der Waals surface area contributed by atoms with Crippen molar-refractivity contribution in [2.45, 2.75) is 46.0 Å². The lowest BCUT2D eigenvalue weighted by Crippen LogP contribution is -2.23. The third-order valence-electron chi connectivity index (χ3n) is 4.11. The number of aromatic nitrogens is 4. The maximum Gasteiger partial charge on any atom is 0.178 e. The lowest BCUT2D eigenvalue weighted by atomic mass is 9.96. The first-order valence-electron chi connectivity index (χ1n) is 7.47. The van der Waals surface area contributed by atoms with Crippen molar-refractivity contribution in [3.8, 4) is 0 Å². The minimum Gasteiger partial charge on any atom is -0.355 e. The number of hydrogen-bond donors (Lipinski definition) is 0. The lowest BCUT2D eigenvalue weighted by molar-refractivity contribution is 0.526. The van der Waals surface area contributed by atoms with Crippen LogP contribution in [-0.2, 0) is 5.41 Å². The van der Waals surface area contributed by atoms with Crippen LogP contribution in [0.15, 0.2) is 12.1 Å². The summed E-state index contributed by atoms with van der Waals surface area (Å²) in [5, 5.41) is 13.3. The zero-order valence-electron chi connectivity index (χ0n) is 12.8. The molecule has 1 saturated heterocycles. The van der Waals surface area contributed by atoms with Gasteiger partial charge in [-0.3, -0.25) is 0 Å². The van der Waals surface area contributed by atoms with Crippen molar-refractivity contribution in [3.05, 3.63) is 18.0 Å². The predicted octanol–water partition coefficient (Wildman–Crippen LogP) is 2.66. The summed E-state index contributed by atoms with van der Waals surface area (Å²) in [6, 6.07) is 4.08. The molecule has 1 atom stereocenters. The van der Waals surface area contributed by atoms with Crippen LogP contribution >= 0.6 is 0 Å². The minimum absolute atomic E-state index is 0.0536. The molecule has 0 N–H and O–H groups in total. The average molecular weight is 273 g/mol. The zero-order valence-corrected chi connectivity index (χ0v) is 12.8. The van der Waals surface area contributed by atoms with Gasteiger partial charge in [-0.2, -0.15) is 4.52 Å². The summed E-state index contributed by atoms with van der Waals surface area (Å²) in [7, 11) is 0. The smallest absolute Gasteiger partial charge is 0.178 e. The molecule has 2 aromatic rings. The van der Waals surface area contributed by atoms with E-state index in [0.29, 0.717) is 0 Å². The van der Waals surface area contributed by atoms with Crippen molar-refractivity contribution in [1.29, 1.82) is 0 Å². The second kappa shape index (κ2) is 4.72. The second-order valence-electron chi connectivity index (χ2n) is 6.74. The fourth-order valence-electron chi connectivity index (χ4n) is 2.79. The summed E-state index contributed by atoms with van der Waals surface area (Å²) < 4.78 is 1.90. The van der Waals surface area contributed by atoms with E-state index in [0.717, 1.165) is 36.3 Å². The molecule has 2 aromatic heterocycles. The van der Waals surface area contributed by atoms with E-state index in [9.17, 15) is 0 Å². The van der Waals surface area contributed by atoms with Gasteiger partial charge in [0.25, 0.3) is 0 Å². The second-order valence-corrected chi connectivity index (χ2v) is 6.74. The van der Waals surface area contributed by atoms with Crippen LogP contribution in [0.25, 0.3) is 5.65 Å². The van der Waals surface area contributed by atoms with Gasteiger partial charge in [-0.1, -0.05) is 34.1 Å². The van der Waals surface area contributed by atoms with Gasteiger partial charge in [0.1, 0.15) is 5.82 Å². The molecular formula is C15H23N5. The first kappa shape index (κ1) is 13.3. The van der Waals surface area contributed by atoms with Crippen molar-refractivity contribution >= 4 is 11.5 Å². The molecule has 0 spiro atoms. The van der Waals surface area contributed by atoms with Crippen molar-refractivity contribution in [2.75, 3.05) is 18.0 Å². The van der Waals surface area contributed by atoms with Crippen molar-refractivity contribution in [2.24, 2.45) is 5.92 Å². The maximum atomic E-state index is 4.77. The van der Waals surface area contributed by atoms with Crippen molar-refractivity contribution < 1.29 is 0 Å². The van der Waals surface area contributed by atoms with E-state index in [2.05, 4.69) is 48.9 Å². The molecule has 108 valence electrons. The number of fused-ring (bicyclic) bond motifs is 1. The quantitative estimate of drug-likeness (QED) is 0.844. The molecule has 0 aromatic carbocycles. The normalized spacial score (nSPS) is 20.0. The summed E-state index contributed by atoms with van der Waals surface area (Å²) in [5.41, 5.74) is 0.770. The van der Waals surface area contributed by atoms with Crippen LogP contribution in [0.3, 0.4) is 0 Å². The van der Waals surface area contributed by atoms with Gasteiger partial charge in [0.05, 0.1) is 0 Å². The standard InChI is InChI=1S/C15H23N5/c1-5-11-8-9-19(10-11)13-7-6-12-16-17-14(15(2,3)4)20(12)18-13/h6-7,11H,5,8-10H2,1-4H3. The van der Waals surface area contributed by atoms with Gasteiger partial charge >= 0.3 is 0 Å². The number of nitrogens with zero attached hydrogens (tertiary/aromatic N) is 5. The summed E-state index contributed by atoms with van der Waals surface area (Å²) in [6.07, 6.45) is 2.52. The first-order valence-corrected chi connectivity index (χ1v) is 7.47. The van der Waals surface area contributed by atoms with E-state index >= 15 is 0 Å². The number of rotatable bonds is 2. The van der Waals surface area contributed by atoms with E-state index < -0.39 is 0 Å². The third-order valence-corrected chi connectivity index (χ3v) is 4.11. The van der Waals surface area contributed by atoms with E-state index in [1.54, 1.807) is 0 Å². The van der Waals surface area contributed by atoms with Gasteiger partial charge in [0, 0.05) is 18.5 Å². The van der Waals surface area contributed by atoms with Crippen LogP contribution in [0.5, 0.6) is 0 Å². The van der Waals surface area contributed by atoms with Crippen LogP contribution < -0.4 is 4.90 Å². The molecule has 3 heterocycles. The van der Waals surface area contributed by atoms with Crippen molar-refractivity contribution in [1.82, 2.24) is 19.8 Å². The van der Waals surface area contributed by atoms with Crippen LogP contribution in [0.1, 0.15) is 46.4 Å². The van der Waals surface area contributed by atoms with E-state index in [-0.39, 0.29) is 5.41 Å². The molecule has 3 rings (SSSR count). The largest absolute Gasteiger partial charge is 0.355 e. The zero-order chi connectivity index (χ0) is 14.3. The van der Waals surface area contributed by atoms with Gasteiger partial charge in [0.2, 0.25) is 0 Å². The first-order chi connectivity index (χ1) is 9.49. The SMILES string of the molecule is CCC1CCN(c2ccc3nnc(C(C)(C)C)n3n2)C1. The molecular weight excluding hydrogens is 250 g/mol. The van der Waals surface area contributed by atoms with E-state index in [4.69, 9.17) is 5.10 Å². The monoisotopic (exact) mass is 273 g/mol. The van der Waals surface area contributed by atoms with E-state index in [1.165, 1.54) is 12.8 Å². The fraction of sp³-hybridized carbons (Fsp3) is 0.667. The summed E-state index contributed by atoms with van der Waals surface area (Å²) in [4.78, 5) is 2.38. The molecule has 5 nitrogen and oxygen atoms in total. The Morgan fingerprint density at radius 2 is 2.05 bits per heavy atom. The van der Waals surface area contributed by atoms with Crippen LogP contribution in [0.2, 0.25) is 0 Å². The summed E-state index contributed by atoms with van der Waals surface area (Å²) >= 11 is 0. The third kappa shape index (κ3) is 2.25. The van der Waals surface area contributed by atoms with Crippen LogP contribution in [0.4, 0.5) is 5.82 Å². The maximum absolute atomic E-state index is 4.77. The van der Waals surface area contributed by atoms with Gasteiger partial charge in [0.15, 0.2) is 11.5 Å². The summed E-state index contributed by atoms with van der Waals surface area (Å²) in [5.74, 6) is 2.76. The molecule has 0 saturated carbocycles. The Hall–Kier alpha value is -1.65. The Kier molecular flexibility index (Phi) is 3.15. The number of anilines is 1. The minimum atomic E-state index is -0.0536. The highest BCUT2D eigenvalue weighted by atomic mass is 15.4. The topological polar surface area (TPSA) is 46.3 Å². The van der Waals surface area contributed by atoms with Crippen LogP contribution in [-0.4, -0.2) is 32.9 Å². The lowest BCUT2D eigenvalue weighted by Gasteiger charge is -2.19. The molecule has 1 unspecified atom stereocenters. The average Bonchev–Trinajstić information content (AvgIpc) is 3.03. The molecule has 1 aliphatic heterocycles. The fourth-order valence-corrected chi connectivity index (χ4v) is 2.79. The van der Waals surface area contributed by atoms with Gasteiger partial charge in [-0.15, -0.1) is 15.3 Å². The highest BCUT2D eigenvalue weighted by Gasteiger charge is 2.25. The molecule has 0 amide bonds. The molecule has 0 radical (unpaired) electrons.